The number of rotatable bonds is 12. The normalized spacial score (nSPS) is 12.8. The third kappa shape index (κ3) is 7.91. The molecular weight excluding hydrogens is 529 g/mol. The van der Waals surface area contributed by atoms with Crippen LogP contribution in [-0.2, 0) is 32.6 Å². The van der Waals surface area contributed by atoms with Gasteiger partial charge in [0, 0.05) is 24.6 Å². The summed E-state index contributed by atoms with van der Waals surface area (Å²) in [6.07, 6.45) is 1.89. The molecule has 2 atom stereocenters. The van der Waals surface area contributed by atoms with Gasteiger partial charge in [-0.15, -0.1) is 0 Å². The summed E-state index contributed by atoms with van der Waals surface area (Å²) < 4.78 is 41.8. The molecule has 0 aromatic heterocycles. The van der Waals surface area contributed by atoms with Gasteiger partial charge in [-0.1, -0.05) is 67.6 Å². The molecule has 3 aromatic carbocycles. The predicted octanol–water partition coefficient (Wildman–Crippen LogP) is 4.76. The molecular formula is C31H38FN3O4S. The van der Waals surface area contributed by atoms with Gasteiger partial charge < -0.3 is 10.2 Å². The lowest BCUT2D eigenvalue weighted by Crippen LogP contribution is -2.54. The second-order valence-corrected chi connectivity index (χ2v) is 12.0. The van der Waals surface area contributed by atoms with Crippen LogP contribution >= 0.6 is 0 Å². The number of halogens is 1. The summed E-state index contributed by atoms with van der Waals surface area (Å²) in [5, 5.41) is 2.96. The van der Waals surface area contributed by atoms with E-state index in [0.717, 1.165) is 27.3 Å². The van der Waals surface area contributed by atoms with Crippen LogP contribution in [0.5, 0.6) is 0 Å². The van der Waals surface area contributed by atoms with Gasteiger partial charge in [-0.05, 0) is 56.0 Å². The number of nitrogens with one attached hydrogen (secondary N) is 1. The fourth-order valence-corrected chi connectivity index (χ4v) is 5.31. The third-order valence-electron chi connectivity index (χ3n) is 7.09. The fraction of sp³-hybridized carbons (Fsp3) is 0.355. The highest BCUT2D eigenvalue weighted by atomic mass is 32.2. The molecule has 0 saturated carbocycles. The van der Waals surface area contributed by atoms with Crippen molar-refractivity contribution in [3.63, 3.8) is 0 Å². The molecule has 1 N–H and O–H groups in total. The Kier molecular flexibility index (Phi) is 10.5. The highest BCUT2D eigenvalue weighted by molar-refractivity contribution is 7.92. The number of hydrogen-bond acceptors (Lipinski definition) is 4. The van der Waals surface area contributed by atoms with Crippen LogP contribution in [-0.4, -0.2) is 50.0 Å². The van der Waals surface area contributed by atoms with E-state index < -0.39 is 34.3 Å². The molecule has 40 heavy (non-hydrogen) atoms. The Bertz CT molecular complexity index is 1430. The summed E-state index contributed by atoms with van der Waals surface area (Å²) in [5.41, 5.74) is 3.01. The van der Waals surface area contributed by atoms with Crippen molar-refractivity contribution in [3.8, 4) is 0 Å². The van der Waals surface area contributed by atoms with Crippen LogP contribution in [0, 0.1) is 19.7 Å². The van der Waals surface area contributed by atoms with Crippen molar-refractivity contribution < 1.29 is 22.4 Å². The highest BCUT2D eigenvalue weighted by Gasteiger charge is 2.34. The smallest absolute Gasteiger partial charge is 0.244 e. The molecule has 0 saturated heterocycles. The zero-order valence-electron chi connectivity index (χ0n) is 23.7. The van der Waals surface area contributed by atoms with Crippen LogP contribution < -0.4 is 9.62 Å². The second-order valence-electron chi connectivity index (χ2n) is 10.1. The molecule has 3 aromatic rings. The minimum Gasteiger partial charge on any atom is -0.352 e. The fourth-order valence-electron chi connectivity index (χ4n) is 4.41. The van der Waals surface area contributed by atoms with Crippen molar-refractivity contribution in [1.29, 1.82) is 0 Å². The van der Waals surface area contributed by atoms with E-state index in [0.29, 0.717) is 12.1 Å². The van der Waals surface area contributed by atoms with E-state index in [1.54, 1.807) is 37.3 Å². The molecule has 9 heteroatoms. The highest BCUT2D eigenvalue weighted by Crippen LogP contribution is 2.26. The van der Waals surface area contributed by atoms with Gasteiger partial charge in [0.15, 0.2) is 0 Å². The summed E-state index contributed by atoms with van der Waals surface area (Å²) in [6, 6.07) is 19.4. The van der Waals surface area contributed by atoms with Crippen molar-refractivity contribution in [2.75, 3.05) is 17.1 Å². The average Bonchev–Trinajstić information content (AvgIpc) is 2.91. The summed E-state index contributed by atoms with van der Waals surface area (Å²) in [7, 11) is -3.88. The molecule has 2 amide bonds. The number of anilines is 1. The standard InChI is InChI=1S/C31H38FN3O4S/c1-6-23(3)33-31(37)29(19-25-14-8-7-9-15-25)34(20-26-16-10-11-17-27(26)32)30(36)21-35(40(5,38)39)28-18-12-13-22(2)24(28)4/h7-18,23,29H,6,19-21H2,1-5H3,(H,33,37). The summed E-state index contributed by atoms with van der Waals surface area (Å²) >= 11 is 0. The third-order valence-corrected chi connectivity index (χ3v) is 8.22. The molecule has 0 aliphatic carbocycles. The van der Waals surface area contributed by atoms with Gasteiger partial charge in [-0.2, -0.15) is 0 Å². The lowest BCUT2D eigenvalue weighted by Gasteiger charge is -2.34. The maximum Gasteiger partial charge on any atom is 0.244 e. The van der Waals surface area contributed by atoms with E-state index in [-0.39, 0.29) is 30.5 Å². The maximum atomic E-state index is 14.8. The van der Waals surface area contributed by atoms with Crippen LogP contribution in [0.1, 0.15) is 42.5 Å². The Morgan fingerprint density at radius 2 is 1.60 bits per heavy atom. The lowest BCUT2D eigenvalue weighted by molar-refractivity contribution is -0.140. The summed E-state index contributed by atoms with van der Waals surface area (Å²) in [6.45, 7) is 6.71. The quantitative estimate of drug-likeness (QED) is 0.342. The number of sulfonamides is 1. The predicted molar refractivity (Wildman–Crippen MR) is 157 cm³/mol. The van der Waals surface area contributed by atoms with Gasteiger partial charge in [0.1, 0.15) is 18.4 Å². The summed E-state index contributed by atoms with van der Waals surface area (Å²) in [5.74, 6) is -1.52. The first-order chi connectivity index (χ1) is 18.9. The SMILES string of the molecule is CCC(C)NC(=O)C(Cc1ccccc1)N(Cc1ccccc1F)C(=O)CN(c1cccc(C)c1C)S(C)(=O)=O. The number of aryl methyl sites for hydroxylation is 1. The van der Waals surface area contributed by atoms with Gasteiger partial charge in [-0.3, -0.25) is 13.9 Å². The van der Waals surface area contributed by atoms with Crippen LogP contribution in [0.4, 0.5) is 10.1 Å². The first-order valence-electron chi connectivity index (χ1n) is 13.3. The topological polar surface area (TPSA) is 86.8 Å². The van der Waals surface area contributed by atoms with Crippen molar-refractivity contribution in [1.82, 2.24) is 10.2 Å². The molecule has 0 aliphatic heterocycles. The van der Waals surface area contributed by atoms with E-state index >= 15 is 0 Å². The molecule has 3 rings (SSSR count). The van der Waals surface area contributed by atoms with E-state index in [9.17, 15) is 22.4 Å². The molecule has 214 valence electrons. The van der Waals surface area contributed by atoms with Gasteiger partial charge in [-0.25, -0.2) is 12.8 Å². The molecule has 0 bridgehead atoms. The minimum absolute atomic E-state index is 0.154. The monoisotopic (exact) mass is 567 g/mol. The van der Waals surface area contributed by atoms with Crippen molar-refractivity contribution in [2.45, 2.75) is 59.2 Å². The number of amides is 2. The van der Waals surface area contributed by atoms with Crippen molar-refractivity contribution in [3.05, 3.63) is 101 Å². The molecule has 2 unspecified atom stereocenters. The Morgan fingerprint density at radius 1 is 0.950 bits per heavy atom. The maximum absolute atomic E-state index is 14.8. The van der Waals surface area contributed by atoms with E-state index in [4.69, 9.17) is 0 Å². The van der Waals surface area contributed by atoms with Crippen molar-refractivity contribution in [2.24, 2.45) is 0 Å². The molecule has 7 nitrogen and oxygen atoms in total. The van der Waals surface area contributed by atoms with Crippen LogP contribution in [0.2, 0.25) is 0 Å². The zero-order valence-corrected chi connectivity index (χ0v) is 24.5. The second kappa shape index (κ2) is 13.6. The number of nitrogens with zero attached hydrogens (tertiary/aromatic N) is 2. The molecule has 0 radical (unpaired) electrons. The molecule has 0 heterocycles. The van der Waals surface area contributed by atoms with Gasteiger partial charge in [0.05, 0.1) is 11.9 Å². The van der Waals surface area contributed by atoms with Gasteiger partial charge in [0.2, 0.25) is 21.8 Å². The Morgan fingerprint density at radius 3 is 2.23 bits per heavy atom. The zero-order chi connectivity index (χ0) is 29.4. The Balaban J connectivity index is 2.10. The molecule has 0 aliphatic rings. The lowest BCUT2D eigenvalue weighted by atomic mass is 10.0. The number of benzene rings is 3. The first-order valence-corrected chi connectivity index (χ1v) is 15.2. The van der Waals surface area contributed by atoms with E-state index in [1.165, 1.54) is 11.0 Å². The Labute approximate surface area is 237 Å². The molecule has 0 fully saturated rings. The Hall–Kier alpha value is -3.72. The number of hydrogen-bond donors (Lipinski definition) is 1. The number of carbonyl (C=O) groups is 2. The largest absolute Gasteiger partial charge is 0.352 e. The minimum atomic E-state index is -3.88. The van der Waals surface area contributed by atoms with Crippen LogP contribution in [0.3, 0.4) is 0 Å². The van der Waals surface area contributed by atoms with Crippen LogP contribution in [0.25, 0.3) is 0 Å². The van der Waals surface area contributed by atoms with Gasteiger partial charge in [0.25, 0.3) is 0 Å². The molecule has 0 spiro atoms. The summed E-state index contributed by atoms with van der Waals surface area (Å²) in [4.78, 5) is 29.1. The first kappa shape index (κ1) is 30.8. The van der Waals surface area contributed by atoms with Crippen molar-refractivity contribution >= 4 is 27.5 Å². The van der Waals surface area contributed by atoms with E-state index in [2.05, 4.69) is 5.32 Å². The van der Waals surface area contributed by atoms with Crippen LogP contribution in [0.15, 0.2) is 72.8 Å². The van der Waals surface area contributed by atoms with Gasteiger partial charge >= 0.3 is 0 Å². The van der Waals surface area contributed by atoms with E-state index in [1.807, 2.05) is 57.2 Å². The average molecular weight is 568 g/mol. The number of carbonyl (C=O) groups excluding carboxylic acids is 2.